The van der Waals surface area contributed by atoms with Gasteiger partial charge in [0, 0.05) is 11.0 Å². The molecule has 100 valence electrons. The lowest BCUT2D eigenvalue weighted by Gasteiger charge is -2.32. The van der Waals surface area contributed by atoms with Crippen LogP contribution in [0.5, 0.6) is 0 Å². The molecule has 0 radical (unpaired) electrons. The standard InChI is InChI=1S/C13H15BClNO2S/c1-12(2)13(3,4)18-14(17-12)10-7-9-11(19-10)8(15)5-6-16-9/h5-7H,1-4H3. The van der Waals surface area contributed by atoms with Crippen molar-refractivity contribution < 1.29 is 9.31 Å². The smallest absolute Gasteiger partial charge is 0.399 e. The number of halogens is 1. The minimum atomic E-state index is -0.347. The molecule has 1 aliphatic heterocycles. The lowest BCUT2D eigenvalue weighted by molar-refractivity contribution is 0.00578. The van der Waals surface area contributed by atoms with Crippen molar-refractivity contribution in [1.29, 1.82) is 0 Å². The van der Waals surface area contributed by atoms with Gasteiger partial charge in [-0.15, -0.1) is 11.3 Å². The lowest BCUT2D eigenvalue weighted by Crippen LogP contribution is -2.41. The van der Waals surface area contributed by atoms with E-state index in [9.17, 15) is 0 Å². The average Bonchev–Trinajstić information content (AvgIpc) is 2.80. The number of nitrogens with zero attached hydrogens (tertiary/aromatic N) is 1. The Hall–Kier alpha value is -0.615. The quantitative estimate of drug-likeness (QED) is 0.757. The van der Waals surface area contributed by atoms with Crippen molar-refractivity contribution >= 4 is 45.0 Å². The molecule has 3 heterocycles. The molecule has 2 aromatic heterocycles. The van der Waals surface area contributed by atoms with Crippen molar-refractivity contribution in [2.24, 2.45) is 0 Å². The fourth-order valence-electron chi connectivity index (χ4n) is 2.00. The Kier molecular flexibility index (Phi) is 2.95. The van der Waals surface area contributed by atoms with Crippen LogP contribution < -0.4 is 4.78 Å². The average molecular weight is 296 g/mol. The minimum Gasteiger partial charge on any atom is -0.399 e. The molecule has 1 aliphatic rings. The molecule has 3 rings (SSSR count). The molecular formula is C13H15BClNO2S. The monoisotopic (exact) mass is 295 g/mol. The van der Waals surface area contributed by atoms with Crippen LogP contribution in [0, 0.1) is 0 Å². The van der Waals surface area contributed by atoms with Crippen LogP contribution in [-0.4, -0.2) is 23.3 Å². The molecule has 0 bridgehead atoms. The maximum absolute atomic E-state index is 6.18. The SMILES string of the molecule is CC1(C)OB(c2cc3nccc(Cl)c3s2)OC1(C)C. The van der Waals surface area contributed by atoms with Crippen LogP contribution in [0.4, 0.5) is 0 Å². The van der Waals surface area contributed by atoms with Crippen LogP contribution in [0.1, 0.15) is 27.7 Å². The Morgan fingerprint density at radius 2 is 1.84 bits per heavy atom. The van der Waals surface area contributed by atoms with Crippen molar-refractivity contribution in [3.05, 3.63) is 23.4 Å². The molecule has 0 unspecified atom stereocenters. The third kappa shape index (κ3) is 2.09. The van der Waals surface area contributed by atoms with Gasteiger partial charge in [-0.1, -0.05) is 11.6 Å². The van der Waals surface area contributed by atoms with E-state index in [-0.39, 0.29) is 18.3 Å². The van der Waals surface area contributed by atoms with Gasteiger partial charge in [-0.2, -0.15) is 0 Å². The summed E-state index contributed by atoms with van der Waals surface area (Å²) in [6, 6.07) is 3.79. The van der Waals surface area contributed by atoms with E-state index in [1.807, 2.05) is 33.8 Å². The molecule has 0 aromatic carbocycles. The number of hydrogen-bond donors (Lipinski definition) is 0. The number of thiophene rings is 1. The Bertz CT molecular complexity index is 625. The first-order valence-electron chi connectivity index (χ1n) is 6.20. The fourth-order valence-corrected chi connectivity index (χ4v) is 3.25. The lowest BCUT2D eigenvalue weighted by atomic mass is 9.88. The van der Waals surface area contributed by atoms with Gasteiger partial charge in [0.25, 0.3) is 0 Å². The maximum Gasteiger partial charge on any atom is 0.505 e. The Labute approximate surface area is 122 Å². The van der Waals surface area contributed by atoms with Gasteiger partial charge in [-0.3, -0.25) is 4.98 Å². The molecular weight excluding hydrogens is 280 g/mol. The minimum absolute atomic E-state index is 0.328. The second kappa shape index (κ2) is 4.19. The van der Waals surface area contributed by atoms with E-state index in [1.165, 1.54) is 0 Å². The highest BCUT2D eigenvalue weighted by atomic mass is 35.5. The molecule has 2 aromatic rings. The summed E-state index contributed by atoms with van der Waals surface area (Å²) in [5.41, 5.74) is 0.234. The number of pyridine rings is 1. The van der Waals surface area contributed by atoms with E-state index in [0.29, 0.717) is 0 Å². The zero-order valence-electron chi connectivity index (χ0n) is 11.4. The van der Waals surface area contributed by atoms with Gasteiger partial charge in [-0.05, 0) is 39.8 Å². The second-order valence-corrected chi connectivity index (χ2v) is 7.24. The molecule has 0 amide bonds. The summed E-state index contributed by atoms with van der Waals surface area (Å²) in [6.07, 6.45) is 1.71. The largest absolute Gasteiger partial charge is 0.505 e. The molecule has 19 heavy (non-hydrogen) atoms. The fraction of sp³-hybridized carbons (Fsp3) is 0.462. The Balaban J connectivity index is 2.01. The van der Waals surface area contributed by atoms with Crippen molar-refractivity contribution in [1.82, 2.24) is 4.98 Å². The van der Waals surface area contributed by atoms with E-state index in [2.05, 4.69) is 4.98 Å². The van der Waals surface area contributed by atoms with Crippen LogP contribution in [0.3, 0.4) is 0 Å². The summed E-state index contributed by atoms with van der Waals surface area (Å²) in [5.74, 6) is 0. The van der Waals surface area contributed by atoms with Crippen LogP contribution in [0.25, 0.3) is 10.2 Å². The number of fused-ring (bicyclic) bond motifs is 1. The molecule has 0 saturated carbocycles. The first-order valence-corrected chi connectivity index (χ1v) is 7.39. The molecule has 0 aliphatic carbocycles. The van der Waals surface area contributed by atoms with Crippen molar-refractivity contribution in [3.63, 3.8) is 0 Å². The third-order valence-electron chi connectivity index (χ3n) is 3.87. The number of rotatable bonds is 1. The zero-order chi connectivity index (χ0) is 13.8. The summed E-state index contributed by atoms with van der Waals surface area (Å²) in [5, 5.41) is 0.720. The Morgan fingerprint density at radius 1 is 1.21 bits per heavy atom. The molecule has 0 atom stereocenters. The van der Waals surface area contributed by atoms with Crippen LogP contribution in [0.2, 0.25) is 5.02 Å². The van der Waals surface area contributed by atoms with Gasteiger partial charge in [0.1, 0.15) is 0 Å². The van der Waals surface area contributed by atoms with E-state index < -0.39 is 0 Å². The molecule has 1 fully saturated rings. The van der Waals surface area contributed by atoms with E-state index in [1.54, 1.807) is 23.6 Å². The first-order chi connectivity index (χ1) is 8.80. The molecule has 6 heteroatoms. The van der Waals surface area contributed by atoms with Crippen molar-refractivity contribution in [2.75, 3.05) is 0 Å². The molecule has 1 saturated heterocycles. The Morgan fingerprint density at radius 3 is 2.42 bits per heavy atom. The summed E-state index contributed by atoms with van der Waals surface area (Å²) in [7, 11) is -0.347. The second-order valence-electron chi connectivity index (χ2n) is 5.74. The van der Waals surface area contributed by atoms with Gasteiger partial charge in [0.15, 0.2) is 0 Å². The highest BCUT2D eigenvalue weighted by Gasteiger charge is 2.52. The van der Waals surface area contributed by atoms with E-state index in [4.69, 9.17) is 20.9 Å². The number of hydrogen-bond acceptors (Lipinski definition) is 4. The van der Waals surface area contributed by atoms with Crippen LogP contribution in [0.15, 0.2) is 18.3 Å². The summed E-state index contributed by atoms with van der Waals surface area (Å²) < 4.78 is 14.1. The van der Waals surface area contributed by atoms with Gasteiger partial charge in [0.2, 0.25) is 0 Å². The molecule has 0 N–H and O–H groups in total. The topological polar surface area (TPSA) is 31.4 Å². The summed E-state index contributed by atoms with van der Waals surface area (Å²) in [4.78, 5) is 4.32. The molecule has 3 nitrogen and oxygen atoms in total. The van der Waals surface area contributed by atoms with Gasteiger partial charge in [0.05, 0.1) is 26.4 Å². The van der Waals surface area contributed by atoms with Gasteiger partial charge >= 0.3 is 7.12 Å². The predicted octanol–water partition coefficient (Wildman–Crippen LogP) is 3.25. The van der Waals surface area contributed by atoms with E-state index in [0.717, 1.165) is 20.0 Å². The van der Waals surface area contributed by atoms with Crippen LogP contribution >= 0.6 is 22.9 Å². The first kappa shape index (κ1) is 13.4. The van der Waals surface area contributed by atoms with E-state index >= 15 is 0 Å². The highest BCUT2D eigenvalue weighted by Crippen LogP contribution is 2.37. The van der Waals surface area contributed by atoms with Crippen LogP contribution in [-0.2, 0) is 9.31 Å². The van der Waals surface area contributed by atoms with Gasteiger partial charge in [-0.25, -0.2) is 0 Å². The summed E-state index contributed by atoms with van der Waals surface area (Å²) in [6.45, 7) is 8.19. The number of aromatic nitrogens is 1. The zero-order valence-corrected chi connectivity index (χ0v) is 12.9. The summed E-state index contributed by atoms with van der Waals surface area (Å²) >= 11 is 7.76. The van der Waals surface area contributed by atoms with Gasteiger partial charge < -0.3 is 9.31 Å². The predicted molar refractivity (Wildman–Crippen MR) is 80.3 cm³/mol. The normalized spacial score (nSPS) is 21.2. The van der Waals surface area contributed by atoms with Crippen molar-refractivity contribution in [2.45, 2.75) is 38.9 Å². The third-order valence-corrected chi connectivity index (χ3v) is 5.47. The highest BCUT2D eigenvalue weighted by molar-refractivity contribution is 7.28. The maximum atomic E-state index is 6.18. The van der Waals surface area contributed by atoms with Crippen molar-refractivity contribution in [3.8, 4) is 0 Å². The molecule has 0 spiro atoms.